The van der Waals surface area contributed by atoms with Crippen LogP contribution in [-0.2, 0) is 4.79 Å². The summed E-state index contributed by atoms with van der Waals surface area (Å²) in [5.74, 6) is -0.128. The fourth-order valence-corrected chi connectivity index (χ4v) is 7.81. The lowest BCUT2D eigenvalue weighted by atomic mass is 9.51. The van der Waals surface area contributed by atoms with E-state index < -0.39 is 16.6 Å². The summed E-state index contributed by atoms with van der Waals surface area (Å²) in [6, 6.07) is 0. The van der Waals surface area contributed by atoms with Gasteiger partial charge in [-0.2, -0.15) is 0 Å². The van der Waals surface area contributed by atoms with E-state index in [-0.39, 0.29) is 35.7 Å². The number of carbonyl (C=O) groups excluding carboxylic acids is 1. The number of piperidine rings is 2. The first-order valence-electron chi connectivity index (χ1n) is 13.2. The summed E-state index contributed by atoms with van der Waals surface area (Å²) in [5.41, 5.74) is -1.55. The minimum atomic E-state index is -0.638. The second-order valence-corrected chi connectivity index (χ2v) is 13.6. The largest absolute Gasteiger partial charge is 0.395 e. The van der Waals surface area contributed by atoms with Gasteiger partial charge in [0, 0.05) is 40.8 Å². The molecule has 2 heterocycles. The average molecular weight is 495 g/mol. The van der Waals surface area contributed by atoms with Crippen LogP contribution in [0.15, 0.2) is 12.2 Å². The first-order chi connectivity index (χ1) is 15.8. The van der Waals surface area contributed by atoms with Crippen molar-refractivity contribution in [2.75, 3.05) is 40.4 Å². The van der Waals surface area contributed by atoms with Crippen LogP contribution in [0, 0.1) is 0 Å². The van der Waals surface area contributed by atoms with Crippen molar-refractivity contribution in [3.05, 3.63) is 12.2 Å². The minimum Gasteiger partial charge on any atom is -0.395 e. The lowest BCUT2D eigenvalue weighted by Gasteiger charge is -2.73. The van der Waals surface area contributed by atoms with Crippen LogP contribution in [0.3, 0.4) is 0 Å². The van der Waals surface area contributed by atoms with Crippen molar-refractivity contribution in [2.45, 2.75) is 121 Å². The highest BCUT2D eigenvalue weighted by Gasteiger charge is 2.70. The molecule has 0 radical (unpaired) electrons. The van der Waals surface area contributed by atoms with E-state index in [9.17, 15) is 15.0 Å². The summed E-state index contributed by atoms with van der Waals surface area (Å²) >= 11 is 0. The molecular formula is C28H54N4O3. The van der Waals surface area contributed by atoms with Gasteiger partial charge >= 0.3 is 0 Å². The maximum atomic E-state index is 13.5. The molecular weight excluding hydrogens is 440 g/mol. The highest BCUT2D eigenvalue weighted by molar-refractivity contribution is 5.93. The van der Waals surface area contributed by atoms with E-state index in [2.05, 4.69) is 96.1 Å². The molecule has 1 unspecified atom stereocenters. The number of carbonyl (C=O) groups is 1. The number of amides is 1. The van der Waals surface area contributed by atoms with E-state index in [1.165, 1.54) is 0 Å². The zero-order valence-corrected chi connectivity index (χ0v) is 24.5. The maximum absolute atomic E-state index is 13.5. The fourth-order valence-electron chi connectivity index (χ4n) is 7.81. The zero-order chi connectivity index (χ0) is 27.3. The molecule has 0 aromatic rings. The molecule has 2 fully saturated rings. The number of hydrogen-bond acceptors (Lipinski definition) is 6. The Hall–Kier alpha value is -0.990. The van der Waals surface area contributed by atoms with Crippen molar-refractivity contribution in [1.82, 2.24) is 20.0 Å². The summed E-state index contributed by atoms with van der Waals surface area (Å²) in [6.07, 6.45) is 3.25. The molecule has 2 aliphatic rings. The van der Waals surface area contributed by atoms with Crippen LogP contribution in [0.4, 0.5) is 0 Å². The van der Waals surface area contributed by atoms with Crippen molar-refractivity contribution < 1.29 is 15.0 Å². The van der Waals surface area contributed by atoms with Crippen LogP contribution >= 0.6 is 0 Å². The van der Waals surface area contributed by atoms with Crippen molar-refractivity contribution in [3.63, 3.8) is 0 Å². The molecule has 0 bridgehead atoms. The van der Waals surface area contributed by atoms with Crippen LogP contribution < -0.4 is 5.32 Å². The predicted molar refractivity (Wildman–Crippen MR) is 144 cm³/mol. The number of aliphatic hydroxyl groups is 2. The summed E-state index contributed by atoms with van der Waals surface area (Å²) in [4.78, 5) is 20.7. The zero-order valence-electron chi connectivity index (χ0n) is 24.5. The van der Waals surface area contributed by atoms with Gasteiger partial charge in [-0.05, 0) is 102 Å². The number of β-amino-alcohol motifs (C(OH)–C–C–N with tert-alkyl or cyclic N) is 2. The van der Waals surface area contributed by atoms with Crippen molar-refractivity contribution >= 4 is 5.91 Å². The molecule has 7 nitrogen and oxygen atoms in total. The lowest BCUT2D eigenvalue weighted by Crippen LogP contribution is -2.88. The topological polar surface area (TPSA) is 79.3 Å². The molecule has 2 aliphatic heterocycles. The van der Waals surface area contributed by atoms with Crippen LogP contribution in [0.5, 0.6) is 0 Å². The Morgan fingerprint density at radius 1 is 0.857 bits per heavy atom. The molecule has 2 rings (SSSR count). The van der Waals surface area contributed by atoms with Gasteiger partial charge in [-0.3, -0.25) is 19.5 Å². The van der Waals surface area contributed by atoms with Crippen LogP contribution in [0.25, 0.3) is 0 Å². The van der Waals surface area contributed by atoms with Gasteiger partial charge in [0.2, 0.25) is 5.91 Å². The molecule has 1 amide bonds. The second kappa shape index (κ2) is 9.71. The average Bonchev–Trinajstić information content (AvgIpc) is 2.70. The van der Waals surface area contributed by atoms with E-state index in [1.54, 1.807) is 6.92 Å². The van der Waals surface area contributed by atoms with Gasteiger partial charge in [0.15, 0.2) is 0 Å². The van der Waals surface area contributed by atoms with Gasteiger partial charge in [0.1, 0.15) is 0 Å². The van der Waals surface area contributed by atoms with E-state index in [4.69, 9.17) is 0 Å². The highest BCUT2D eigenvalue weighted by Crippen LogP contribution is 2.58. The Morgan fingerprint density at radius 3 is 1.71 bits per heavy atom. The third kappa shape index (κ3) is 4.84. The molecule has 0 spiro atoms. The van der Waals surface area contributed by atoms with Gasteiger partial charge in [0.25, 0.3) is 0 Å². The minimum absolute atomic E-state index is 0.0118. The molecule has 2 saturated heterocycles. The first kappa shape index (κ1) is 30.2. The van der Waals surface area contributed by atoms with Gasteiger partial charge in [-0.15, -0.1) is 0 Å². The number of nitrogens with one attached hydrogen (secondary N) is 1. The van der Waals surface area contributed by atoms with Gasteiger partial charge in [-0.25, -0.2) is 0 Å². The van der Waals surface area contributed by atoms with Crippen LogP contribution in [-0.4, -0.2) is 104 Å². The van der Waals surface area contributed by atoms with Crippen molar-refractivity contribution in [1.29, 1.82) is 0 Å². The summed E-state index contributed by atoms with van der Waals surface area (Å²) in [5, 5.41) is 24.0. The Balaban J connectivity index is 2.98. The summed E-state index contributed by atoms with van der Waals surface area (Å²) < 4.78 is 0. The number of nitrogens with zero attached hydrogens (tertiary/aromatic N) is 3. The number of rotatable bonds is 8. The molecule has 1 atom stereocenters. The van der Waals surface area contributed by atoms with E-state index >= 15 is 0 Å². The van der Waals surface area contributed by atoms with Crippen molar-refractivity contribution in [2.24, 2.45) is 0 Å². The Bertz CT molecular complexity index is 780. The number of aliphatic hydroxyl groups excluding tert-OH is 2. The second-order valence-electron chi connectivity index (χ2n) is 13.6. The molecule has 0 aromatic heterocycles. The number of likely N-dealkylation sites (N-methyl/N-ethyl adjacent to an activating group) is 1. The third-order valence-electron chi connectivity index (χ3n) is 9.95. The van der Waals surface area contributed by atoms with Gasteiger partial charge in [0.05, 0.1) is 24.3 Å². The standard InChI is InChI=1S/C28H54N4O3/c1-21(2)22(35)29-27(19-24(5,6)30(11)25(7,8)20-27)28(32(15-17-33)16-18-34)14-13-23(3,4)31(12)26(28,9)10/h33-34H,1,13-20H2,2-12H3,(H,29,35). The van der Waals surface area contributed by atoms with Crippen molar-refractivity contribution in [3.8, 4) is 0 Å². The quantitative estimate of drug-likeness (QED) is 0.450. The first-order valence-corrected chi connectivity index (χ1v) is 13.2. The van der Waals surface area contributed by atoms with Crippen LogP contribution in [0.2, 0.25) is 0 Å². The Morgan fingerprint density at radius 2 is 1.31 bits per heavy atom. The highest BCUT2D eigenvalue weighted by atomic mass is 16.3. The predicted octanol–water partition coefficient (Wildman–Crippen LogP) is 3.01. The summed E-state index contributed by atoms with van der Waals surface area (Å²) in [7, 11) is 4.36. The van der Waals surface area contributed by atoms with E-state index in [0.717, 1.165) is 25.7 Å². The fraction of sp³-hybridized carbons (Fsp3) is 0.893. The molecule has 0 aliphatic carbocycles. The molecule has 204 valence electrons. The normalized spacial score (nSPS) is 29.7. The SMILES string of the molecule is C=C(C)C(=O)NC1(C2(N(CCO)CCO)CCC(C)(C)N(C)C2(C)C)CC(C)(C)N(C)C(C)(C)C1. The molecule has 0 aromatic carbocycles. The maximum Gasteiger partial charge on any atom is 0.246 e. The molecule has 35 heavy (non-hydrogen) atoms. The third-order valence-corrected chi connectivity index (χ3v) is 9.95. The van der Waals surface area contributed by atoms with Gasteiger partial charge in [-0.1, -0.05) is 6.58 Å². The van der Waals surface area contributed by atoms with E-state index in [0.29, 0.717) is 18.7 Å². The summed E-state index contributed by atoms with van der Waals surface area (Å²) in [6.45, 7) is 24.7. The number of hydrogen-bond donors (Lipinski definition) is 3. The van der Waals surface area contributed by atoms with Crippen LogP contribution in [0.1, 0.15) is 88.0 Å². The lowest BCUT2D eigenvalue weighted by molar-refractivity contribution is -0.202. The molecule has 0 saturated carbocycles. The van der Waals surface area contributed by atoms with E-state index in [1.807, 2.05) is 0 Å². The number of likely N-dealkylation sites (tertiary alicyclic amines) is 2. The molecule has 7 heteroatoms. The monoisotopic (exact) mass is 494 g/mol. The van der Waals surface area contributed by atoms with Gasteiger partial charge < -0.3 is 15.5 Å². The Kier molecular flexibility index (Phi) is 8.39. The smallest absolute Gasteiger partial charge is 0.246 e. The molecule has 3 N–H and O–H groups in total. The Labute approximate surface area is 214 Å².